The average Bonchev–Trinajstić information content (AvgIpc) is 2.94. The molecule has 82 valence electrons. The van der Waals surface area contributed by atoms with Gasteiger partial charge in [0.25, 0.3) is 0 Å². The molecule has 0 spiro atoms. The minimum Gasteiger partial charge on any atom is -0.278 e. The number of H-pyrrole nitrogens is 1. The molecule has 0 radical (unpaired) electrons. The van der Waals surface area contributed by atoms with Crippen molar-refractivity contribution < 1.29 is 0 Å². The molecule has 0 aromatic carbocycles. The molecule has 17 heavy (non-hydrogen) atoms. The molecule has 0 aliphatic heterocycles. The van der Waals surface area contributed by atoms with Gasteiger partial charge in [-0.2, -0.15) is 10.2 Å². The molecule has 3 heterocycles. The van der Waals surface area contributed by atoms with Gasteiger partial charge in [-0.05, 0) is 30.3 Å². The van der Waals surface area contributed by atoms with Crippen LogP contribution in [0.5, 0.6) is 0 Å². The zero-order valence-corrected chi connectivity index (χ0v) is 8.91. The Morgan fingerprint density at radius 2 is 1.88 bits per heavy atom. The first-order chi connectivity index (χ1) is 8.45. The second kappa shape index (κ2) is 4.13. The maximum Gasteiger partial charge on any atom is 0.112 e. The molecule has 3 aromatic rings. The van der Waals surface area contributed by atoms with Crippen molar-refractivity contribution in [3.8, 4) is 22.6 Å². The van der Waals surface area contributed by atoms with E-state index in [0.717, 1.165) is 22.6 Å². The molecule has 0 aliphatic carbocycles. The van der Waals surface area contributed by atoms with Gasteiger partial charge in [-0.3, -0.25) is 10.1 Å². The predicted molar refractivity (Wildman–Crippen MR) is 62.8 cm³/mol. The van der Waals surface area contributed by atoms with Crippen molar-refractivity contribution >= 4 is 0 Å². The number of nitrogens with zero attached hydrogens (tertiary/aromatic N) is 4. The molecule has 3 rings (SSSR count). The number of nitrogens with one attached hydrogen (secondary N) is 1. The van der Waals surface area contributed by atoms with Crippen molar-refractivity contribution in [3.63, 3.8) is 0 Å². The van der Waals surface area contributed by atoms with Gasteiger partial charge in [0.15, 0.2) is 0 Å². The van der Waals surface area contributed by atoms with Crippen molar-refractivity contribution in [2.45, 2.75) is 0 Å². The molecular formula is C12H9N5. The third kappa shape index (κ3) is 1.78. The Balaban J connectivity index is 2.18. The Morgan fingerprint density at radius 3 is 2.65 bits per heavy atom. The highest BCUT2D eigenvalue weighted by Gasteiger charge is 2.10. The summed E-state index contributed by atoms with van der Waals surface area (Å²) in [7, 11) is 0. The lowest BCUT2D eigenvalue weighted by molar-refractivity contribution is 1.03. The highest BCUT2D eigenvalue weighted by atomic mass is 15.1. The lowest BCUT2D eigenvalue weighted by Gasteiger charge is -2.04. The summed E-state index contributed by atoms with van der Waals surface area (Å²) in [5, 5.41) is 14.8. The van der Waals surface area contributed by atoms with Gasteiger partial charge in [0, 0.05) is 24.2 Å². The van der Waals surface area contributed by atoms with Crippen LogP contribution >= 0.6 is 0 Å². The summed E-state index contributed by atoms with van der Waals surface area (Å²) in [5.74, 6) is 0. The summed E-state index contributed by atoms with van der Waals surface area (Å²) < 4.78 is 0. The van der Waals surface area contributed by atoms with Crippen LogP contribution in [0.3, 0.4) is 0 Å². The molecule has 0 fully saturated rings. The van der Waals surface area contributed by atoms with Gasteiger partial charge in [0.1, 0.15) is 5.69 Å². The first-order valence-corrected chi connectivity index (χ1v) is 5.18. The quantitative estimate of drug-likeness (QED) is 0.720. The maximum atomic E-state index is 4.35. The van der Waals surface area contributed by atoms with Crippen LogP contribution < -0.4 is 0 Å². The molecule has 0 bridgehead atoms. The Labute approximate surface area is 97.6 Å². The largest absolute Gasteiger partial charge is 0.278 e. The third-order valence-corrected chi connectivity index (χ3v) is 2.41. The zero-order valence-electron chi connectivity index (χ0n) is 8.91. The minimum atomic E-state index is 0.748. The molecule has 0 aliphatic rings. The van der Waals surface area contributed by atoms with Gasteiger partial charge in [0.2, 0.25) is 0 Å². The average molecular weight is 223 g/mol. The first kappa shape index (κ1) is 9.65. The standard InChI is InChI=1S/C12H9N5/c1-3-9(10-5-8-15-16-10)12(13-6-1)11-4-2-7-14-17-11/h1-8H,(H,15,16). The minimum absolute atomic E-state index is 0.748. The van der Waals surface area contributed by atoms with E-state index in [1.807, 2.05) is 30.3 Å². The molecule has 1 N–H and O–H groups in total. The monoisotopic (exact) mass is 223 g/mol. The normalized spacial score (nSPS) is 10.4. The van der Waals surface area contributed by atoms with E-state index in [0.29, 0.717) is 0 Å². The summed E-state index contributed by atoms with van der Waals surface area (Å²) in [6.07, 6.45) is 5.09. The van der Waals surface area contributed by atoms with Crippen molar-refractivity contribution in [2.24, 2.45) is 0 Å². The molecule has 0 unspecified atom stereocenters. The van der Waals surface area contributed by atoms with E-state index < -0.39 is 0 Å². The van der Waals surface area contributed by atoms with Crippen LogP contribution in [0.2, 0.25) is 0 Å². The van der Waals surface area contributed by atoms with Crippen LogP contribution in [0.4, 0.5) is 0 Å². The summed E-state index contributed by atoms with van der Waals surface area (Å²) >= 11 is 0. The third-order valence-electron chi connectivity index (χ3n) is 2.41. The summed E-state index contributed by atoms with van der Waals surface area (Å²) in [4.78, 5) is 4.35. The van der Waals surface area contributed by atoms with Crippen molar-refractivity contribution in [3.05, 3.63) is 48.9 Å². The molecule has 0 amide bonds. The van der Waals surface area contributed by atoms with Gasteiger partial charge < -0.3 is 0 Å². The van der Waals surface area contributed by atoms with Crippen LogP contribution in [-0.4, -0.2) is 25.4 Å². The van der Waals surface area contributed by atoms with Gasteiger partial charge in [-0.25, -0.2) is 0 Å². The zero-order chi connectivity index (χ0) is 11.5. The van der Waals surface area contributed by atoms with E-state index in [-0.39, 0.29) is 0 Å². The lowest BCUT2D eigenvalue weighted by atomic mass is 10.1. The SMILES string of the molecule is c1cnnc(-c2ncccc2-c2ccn[nH]2)c1. The highest BCUT2D eigenvalue weighted by molar-refractivity contribution is 5.76. The fraction of sp³-hybridized carbons (Fsp3) is 0. The van der Waals surface area contributed by atoms with Crippen LogP contribution in [0, 0.1) is 0 Å². The van der Waals surface area contributed by atoms with Gasteiger partial charge in [0.05, 0.1) is 11.4 Å². The number of pyridine rings is 1. The molecule has 0 saturated heterocycles. The summed E-state index contributed by atoms with van der Waals surface area (Å²) in [6.45, 7) is 0. The predicted octanol–water partition coefficient (Wildman–Crippen LogP) is 1.93. The smallest absolute Gasteiger partial charge is 0.112 e. The molecular weight excluding hydrogens is 214 g/mol. The first-order valence-electron chi connectivity index (χ1n) is 5.18. The second-order valence-corrected chi connectivity index (χ2v) is 3.48. The van der Waals surface area contributed by atoms with E-state index >= 15 is 0 Å². The van der Waals surface area contributed by atoms with E-state index in [4.69, 9.17) is 0 Å². The Morgan fingerprint density at radius 1 is 0.941 bits per heavy atom. The Hall–Kier alpha value is -2.56. The molecule has 5 heteroatoms. The van der Waals surface area contributed by atoms with E-state index in [1.54, 1.807) is 18.6 Å². The van der Waals surface area contributed by atoms with Gasteiger partial charge in [-0.1, -0.05) is 0 Å². The molecule has 5 nitrogen and oxygen atoms in total. The van der Waals surface area contributed by atoms with Gasteiger partial charge >= 0.3 is 0 Å². The van der Waals surface area contributed by atoms with Crippen molar-refractivity contribution in [2.75, 3.05) is 0 Å². The van der Waals surface area contributed by atoms with Crippen LogP contribution in [-0.2, 0) is 0 Å². The highest BCUT2D eigenvalue weighted by Crippen LogP contribution is 2.26. The Kier molecular flexibility index (Phi) is 2.34. The van der Waals surface area contributed by atoms with E-state index in [1.165, 1.54) is 0 Å². The number of aromatic nitrogens is 5. The van der Waals surface area contributed by atoms with E-state index in [9.17, 15) is 0 Å². The summed E-state index contributed by atoms with van der Waals surface area (Å²) in [5.41, 5.74) is 3.42. The molecule has 3 aromatic heterocycles. The van der Waals surface area contributed by atoms with Crippen molar-refractivity contribution in [1.29, 1.82) is 0 Å². The second-order valence-electron chi connectivity index (χ2n) is 3.48. The molecule has 0 saturated carbocycles. The topological polar surface area (TPSA) is 67.3 Å². The lowest BCUT2D eigenvalue weighted by Crippen LogP contribution is -1.92. The number of hydrogen-bond donors (Lipinski definition) is 1. The van der Waals surface area contributed by atoms with E-state index in [2.05, 4.69) is 25.4 Å². The summed E-state index contributed by atoms with van der Waals surface area (Å²) in [6, 6.07) is 9.49. The van der Waals surface area contributed by atoms with Crippen LogP contribution in [0.1, 0.15) is 0 Å². The number of aromatic amines is 1. The van der Waals surface area contributed by atoms with Crippen LogP contribution in [0.15, 0.2) is 48.9 Å². The van der Waals surface area contributed by atoms with Crippen molar-refractivity contribution in [1.82, 2.24) is 25.4 Å². The van der Waals surface area contributed by atoms with Gasteiger partial charge in [-0.15, -0.1) is 5.10 Å². The Bertz CT molecular complexity index is 604. The number of hydrogen-bond acceptors (Lipinski definition) is 4. The maximum absolute atomic E-state index is 4.35. The number of rotatable bonds is 2. The van der Waals surface area contributed by atoms with Crippen LogP contribution in [0.25, 0.3) is 22.6 Å². The fourth-order valence-electron chi connectivity index (χ4n) is 1.66. The fourth-order valence-corrected chi connectivity index (χ4v) is 1.66. The molecule has 0 atom stereocenters.